The maximum absolute atomic E-state index is 5.82. The average molecular weight is 172 g/mol. The molecular formula is C9H20N2O. The van der Waals surface area contributed by atoms with Gasteiger partial charge in [-0.25, -0.2) is 0 Å². The van der Waals surface area contributed by atoms with E-state index < -0.39 is 0 Å². The zero-order valence-electron chi connectivity index (χ0n) is 8.10. The fourth-order valence-electron chi connectivity index (χ4n) is 1.77. The molecule has 3 heteroatoms. The molecule has 0 aromatic carbocycles. The molecule has 0 bridgehead atoms. The minimum atomic E-state index is 0.275. The van der Waals surface area contributed by atoms with Crippen LogP contribution in [-0.4, -0.2) is 31.3 Å². The predicted molar refractivity (Wildman–Crippen MR) is 50.1 cm³/mol. The van der Waals surface area contributed by atoms with Gasteiger partial charge in [0.2, 0.25) is 0 Å². The summed E-state index contributed by atoms with van der Waals surface area (Å²) in [5.74, 6) is 0. The van der Waals surface area contributed by atoms with Crippen molar-refractivity contribution < 1.29 is 4.74 Å². The Balaban J connectivity index is 0.000000336. The Morgan fingerprint density at radius 3 is 2.42 bits per heavy atom. The van der Waals surface area contributed by atoms with Crippen molar-refractivity contribution in [1.29, 1.82) is 0 Å². The van der Waals surface area contributed by atoms with Gasteiger partial charge in [0, 0.05) is 6.04 Å². The normalized spacial score (nSPS) is 31.8. The van der Waals surface area contributed by atoms with E-state index in [2.05, 4.69) is 5.32 Å². The Bertz CT molecular complexity index is 134. The molecule has 12 heavy (non-hydrogen) atoms. The van der Waals surface area contributed by atoms with Crippen molar-refractivity contribution in [2.24, 2.45) is 5.73 Å². The van der Waals surface area contributed by atoms with Crippen molar-refractivity contribution in [3.63, 3.8) is 0 Å². The van der Waals surface area contributed by atoms with Crippen molar-refractivity contribution in [2.75, 3.05) is 19.8 Å². The highest BCUT2D eigenvalue weighted by atomic mass is 16.5. The molecule has 2 rings (SSSR count). The number of hydrogen-bond acceptors (Lipinski definition) is 3. The van der Waals surface area contributed by atoms with Crippen LogP contribution in [0.5, 0.6) is 0 Å². The molecule has 3 nitrogen and oxygen atoms in total. The molecule has 2 saturated heterocycles. The Labute approximate surface area is 74.7 Å². The zero-order valence-corrected chi connectivity index (χ0v) is 8.10. The van der Waals surface area contributed by atoms with Crippen LogP contribution in [-0.2, 0) is 4.74 Å². The number of nitrogens with one attached hydrogen (secondary N) is 1. The monoisotopic (exact) mass is 172 g/mol. The summed E-state index contributed by atoms with van der Waals surface area (Å²) in [5.41, 5.74) is 6.10. The number of piperidine rings is 1. The third-order valence-electron chi connectivity index (χ3n) is 2.42. The topological polar surface area (TPSA) is 47.3 Å². The molecule has 2 aliphatic heterocycles. The Kier molecular flexibility index (Phi) is 3.50. The molecule has 0 aromatic heterocycles. The van der Waals surface area contributed by atoms with Gasteiger partial charge >= 0.3 is 0 Å². The maximum Gasteiger partial charge on any atom is 0.0672 e. The van der Waals surface area contributed by atoms with E-state index in [1.54, 1.807) is 0 Å². The standard InChI is InChI=1S/C7H14N2O.C2H6/c8-6-1-2-9-7(3-6)4-10-5-7;1-2/h6,9H,1-5,8H2;1-2H3. The summed E-state index contributed by atoms with van der Waals surface area (Å²) in [5, 5.41) is 3.46. The molecule has 1 atom stereocenters. The van der Waals surface area contributed by atoms with Gasteiger partial charge < -0.3 is 15.8 Å². The highest BCUT2D eigenvalue weighted by Crippen LogP contribution is 2.25. The van der Waals surface area contributed by atoms with E-state index in [4.69, 9.17) is 10.5 Å². The molecule has 0 amide bonds. The van der Waals surface area contributed by atoms with Gasteiger partial charge in [0.25, 0.3) is 0 Å². The second kappa shape index (κ2) is 4.21. The molecule has 0 aromatic rings. The van der Waals surface area contributed by atoms with Crippen LogP contribution in [0, 0.1) is 0 Å². The van der Waals surface area contributed by atoms with Gasteiger partial charge in [0.15, 0.2) is 0 Å². The summed E-state index contributed by atoms with van der Waals surface area (Å²) in [6, 6.07) is 0.394. The van der Waals surface area contributed by atoms with Gasteiger partial charge in [-0.05, 0) is 19.4 Å². The smallest absolute Gasteiger partial charge is 0.0672 e. The summed E-state index contributed by atoms with van der Waals surface area (Å²) >= 11 is 0. The molecule has 0 saturated carbocycles. The van der Waals surface area contributed by atoms with Crippen molar-refractivity contribution >= 4 is 0 Å². The maximum atomic E-state index is 5.82. The zero-order chi connectivity index (χ0) is 9.03. The lowest BCUT2D eigenvalue weighted by molar-refractivity contribution is -0.0887. The van der Waals surface area contributed by atoms with Crippen LogP contribution in [0.2, 0.25) is 0 Å². The van der Waals surface area contributed by atoms with Crippen LogP contribution in [0.1, 0.15) is 26.7 Å². The summed E-state index contributed by atoms with van der Waals surface area (Å²) in [4.78, 5) is 0. The highest BCUT2D eigenvalue weighted by molar-refractivity contribution is 4.99. The van der Waals surface area contributed by atoms with Crippen LogP contribution in [0.15, 0.2) is 0 Å². The van der Waals surface area contributed by atoms with E-state index in [9.17, 15) is 0 Å². The molecule has 0 aliphatic carbocycles. The molecule has 1 unspecified atom stereocenters. The molecular weight excluding hydrogens is 152 g/mol. The lowest BCUT2D eigenvalue weighted by Crippen LogP contribution is -2.65. The first-order valence-corrected chi connectivity index (χ1v) is 4.89. The molecule has 2 aliphatic rings. The van der Waals surface area contributed by atoms with Crippen molar-refractivity contribution in [2.45, 2.75) is 38.3 Å². The molecule has 1 spiro atoms. The van der Waals surface area contributed by atoms with Crippen molar-refractivity contribution in [3.05, 3.63) is 0 Å². The van der Waals surface area contributed by atoms with Crippen LogP contribution in [0.4, 0.5) is 0 Å². The van der Waals surface area contributed by atoms with E-state index >= 15 is 0 Å². The van der Waals surface area contributed by atoms with Gasteiger partial charge in [-0.15, -0.1) is 0 Å². The van der Waals surface area contributed by atoms with Crippen LogP contribution in [0.3, 0.4) is 0 Å². The summed E-state index contributed by atoms with van der Waals surface area (Å²) in [6.45, 7) is 6.78. The van der Waals surface area contributed by atoms with E-state index in [-0.39, 0.29) is 5.54 Å². The lowest BCUT2D eigenvalue weighted by Gasteiger charge is -2.46. The SMILES string of the molecule is CC.NC1CCNC2(COC2)C1. The number of hydrogen-bond donors (Lipinski definition) is 2. The lowest BCUT2D eigenvalue weighted by atomic mass is 9.85. The second-order valence-electron chi connectivity index (χ2n) is 3.45. The minimum Gasteiger partial charge on any atom is -0.377 e. The molecule has 0 radical (unpaired) electrons. The predicted octanol–water partition coefficient (Wildman–Crippen LogP) is 0.492. The quantitative estimate of drug-likeness (QED) is 0.559. The summed E-state index contributed by atoms with van der Waals surface area (Å²) < 4.78 is 5.15. The van der Waals surface area contributed by atoms with E-state index in [1.165, 1.54) is 0 Å². The largest absolute Gasteiger partial charge is 0.377 e. The van der Waals surface area contributed by atoms with Gasteiger partial charge in [-0.3, -0.25) is 0 Å². The van der Waals surface area contributed by atoms with Crippen LogP contribution < -0.4 is 11.1 Å². The van der Waals surface area contributed by atoms with Crippen LogP contribution in [0.25, 0.3) is 0 Å². The molecule has 2 fully saturated rings. The first-order valence-electron chi connectivity index (χ1n) is 4.89. The van der Waals surface area contributed by atoms with Gasteiger partial charge in [-0.2, -0.15) is 0 Å². The minimum absolute atomic E-state index is 0.275. The molecule has 3 N–H and O–H groups in total. The number of ether oxygens (including phenoxy) is 1. The average Bonchev–Trinajstić information content (AvgIpc) is 2.06. The van der Waals surface area contributed by atoms with E-state index in [0.717, 1.165) is 32.6 Å². The van der Waals surface area contributed by atoms with Crippen LogP contribution >= 0.6 is 0 Å². The number of nitrogens with two attached hydrogens (primary N) is 1. The van der Waals surface area contributed by atoms with Crippen molar-refractivity contribution in [3.8, 4) is 0 Å². The summed E-state index contributed by atoms with van der Waals surface area (Å²) in [6.07, 6.45) is 2.20. The first kappa shape index (κ1) is 9.96. The Morgan fingerprint density at radius 2 is 2.08 bits per heavy atom. The summed E-state index contributed by atoms with van der Waals surface area (Å²) in [7, 11) is 0. The van der Waals surface area contributed by atoms with Gasteiger partial charge in [-0.1, -0.05) is 13.8 Å². The van der Waals surface area contributed by atoms with E-state index in [1.807, 2.05) is 13.8 Å². The number of rotatable bonds is 0. The van der Waals surface area contributed by atoms with E-state index in [0.29, 0.717) is 6.04 Å². The Hall–Kier alpha value is -0.120. The fourth-order valence-corrected chi connectivity index (χ4v) is 1.77. The third-order valence-corrected chi connectivity index (χ3v) is 2.42. The Morgan fingerprint density at radius 1 is 1.42 bits per heavy atom. The molecule has 72 valence electrons. The first-order chi connectivity index (χ1) is 5.81. The molecule has 2 heterocycles. The fraction of sp³-hybridized carbons (Fsp3) is 1.00. The van der Waals surface area contributed by atoms with Gasteiger partial charge in [0.1, 0.15) is 0 Å². The highest BCUT2D eigenvalue weighted by Gasteiger charge is 2.41. The third kappa shape index (κ3) is 1.97. The van der Waals surface area contributed by atoms with Gasteiger partial charge in [0.05, 0.1) is 18.8 Å². The second-order valence-corrected chi connectivity index (χ2v) is 3.45. The van der Waals surface area contributed by atoms with Crippen molar-refractivity contribution in [1.82, 2.24) is 5.32 Å².